The summed E-state index contributed by atoms with van der Waals surface area (Å²) in [7, 11) is 0. The molecule has 0 bridgehead atoms. The van der Waals surface area contributed by atoms with Crippen LogP contribution in [0.4, 0.5) is 11.4 Å². The van der Waals surface area contributed by atoms with Crippen LogP contribution in [0.5, 0.6) is 0 Å². The first-order valence-corrected chi connectivity index (χ1v) is 4.34. The number of non-ortho nitro benzene ring substituents is 1. The summed E-state index contributed by atoms with van der Waals surface area (Å²) in [6, 6.07) is 5.77. The summed E-state index contributed by atoms with van der Waals surface area (Å²) in [6.07, 6.45) is 1.24. The third kappa shape index (κ3) is 2.08. The summed E-state index contributed by atoms with van der Waals surface area (Å²) in [4.78, 5) is 20.6. The lowest BCUT2D eigenvalue weighted by Crippen LogP contribution is -1.95. The zero-order valence-electron chi connectivity index (χ0n) is 7.95. The van der Waals surface area contributed by atoms with Crippen molar-refractivity contribution in [1.29, 1.82) is 0 Å². The second-order valence-corrected chi connectivity index (χ2v) is 3.00. The van der Waals surface area contributed by atoms with Gasteiger partial charge in [-0.25, -0.2) is 0 Å². The molecule has 0 aliphatic carbocycles. The van der Waals surface area contributed by atoms with Crippen LogP contribution in [0.2, 0.25) is 0 Å². The van der Waals surface area contributed by atoms with Gasteiger partial charge < -0.3 is 5.32 Å². The van der Waals surface area contributed by atoms with Gasteiger partial charge in [0.2, 0.25) is 0 Å². The number of benzene rings is 1. The number of nitro groups is 1. The van der Waals surface area contributed by atoms with Gasteiger partial charge in [0, 0.05) is 17.8 Å². The Morgan fingerprint density at radius 3 is 2.38 bits per heavy atom. The fraction of sp³-hybridized carbons (Fsp3) is 0. The Morgan fingerprint density at radius 1 is 1.19 bits per heavy atom. The summed E-state index contributed by atoms with van der Waals surface area (Å²) in [5.74, 6) is -0.108. The highest BCUT2D eigenvalue weighted by Gasteiger charge is 2.09. The lowest BCUT2D eigenvalue weighted by Gasteiger charge is -2.01. The van der Waals surface area contributed by atoms with E-state index in [9.17, 15) is 14.9 Å². The summed E-state index contributed by atoms with van der Waals surface area (Å²) >= 11 is 0. The molecule has 1 aromatic rings. The minimum absolute atomic E-state index is 0.00338. The SMILES string of the molecule is O=C1C=C(Nc2ccc([N+](=O)[O-])cc2)N=N1. The van der Waals surface area contributed by atoms with Crippen molar-refractivity contribution >= 4 is 17.3 Å². The Hall–Kier alpha value is -2.57. The van der Waals surface area contributed by atoms with Crippen LogP contribution < -0.4 is 5.32 Å². The van der Waals surface area contributed by atoms with Crippen molar-refractivity contribution < 1.29 is 9.72 Å². The average molecular weight is 218 g/mol. The van der Waals surface area contributed by atoms with Crippen LogP contribution in [0.25, 0.3) is 0 Å². The van der Waals surface area contributed by atoms with Crippen molar-refractivity contribution in [2.75, 3.05) is 5.32 Å². The van der Waals surface area contributed by atoms with Gasteiger partial charge in [-0.15, -0.1) is 10.2 Å². The Kier molecular flexibility index (Phi) is 2.42. The third-order valence-electron chi connectivity index (χ3n) is 1.87. The molecule has 1 heterocycles. The van der Waals surface area contributed by atoms with E-state index in [0.29, 0.717) is 11.5 Å². The normalized spacial score (nSPS) is 13.8. The van der Waals surface area contributed by atoms with Gasteiger partial charge in [0.15, 0.2) is 5.82 Å². The quantitative estimate of drug-likeness (QED) is 0.618. The molecule has 0 spiro atoms. The molecule has 1 aliphatic heterocycles. The van der Waals surface area contributed by atoms with Crippen LogP contribution in [0.3, 0.4) is 0 Å². The molecule has 7 nitrogen and oxygen atoms in total. The van der Waals surface area contributed by atoms with E-state index in [1.54, 1.807) is 0 Å². The van der Waals surface area contributed by atoms with E-state index in [0.717, 1.165) is 0 Å². The largest absolute Gasteiger partial charge is 0.339 e. The third-order valence-corrected chi connectivity index (χ3v) is 1.87. The molecule has 0 aromatic heterocycles. The Morgan fingerprint density at radius 2 is 1.88 bits per heavy atom. The van der Waals surface area contributed by atoms with Crippen LogP contribution in [0.15, 0.2) is 46.4 Å². The number of nitrogens with one attached hydrogen (secondary N) is 1. The van der Waals surface area contributed by atoms with Crippen molar-refractivity contribution in [2.24, 2.45) is 10.2 Å². The number of amides is 1. The predicted molar refractivity (Wildman–Crippen MR) is 54.7 cm³/mol. The molecule has 1 aliphatic rings. The highest BCUT2D eigenvalue weighted by atomic mass is 16.6. The van der Waals surface area contributed by atoms with Gasteiger partial charge in [0.25, 0.3) is 11.6 Å². The van der Waals surface area contributed by atoms with E-state index >= 15 is 0 Å². The second-order valence-electron chi connectivity index (χ2n) is 3.00. The van der Waals surface area contributed by atoms with Crippen LogP contribution in [0.1, 0.15) is 0 Å². The average Bonchev–Trinajstić information content (AvgIpc) is 2.65. The molecule has 2 rings (SSSR count). The molecule has 0 saturated heterocycles. The number of hydrogen-bond acceptors (Lipinski definition) is 5. The Labute approximate surface area is 89.6 Å². The minimum Gasteiger partial charge on any atom is -0.339 e. The monoisotopic (exact) mass is 218 g/mol. The zero-order chi connectivity index (χ0) is 11.5. The van der Waals surface area contributed by atoms with E-state index in [1.165, 1.54) is 30.3 Å². The topological polar surface area (TPSA) is 97.0 Å². The molecule has 0 atom stereocenters. The van der Waals surface area contributed by atoms with E-state index in [4.69, 9.17) is 0 Å². The first-order chi connectivity index (χ1) is 7.65. The molecular formula is C9H6N4O3. The molecule has 0 fully saturated rings. The molecular weight excluding hydrogens is 212 g/mol. The molecule has 1 amide bonds. The zero-order valence-corrected chi connectivity index (χ0v) is 7.95. The van der Waals surface area contributed by atoms with E-state index < -0.39 is 10.8 Å². The summed E-state index contributed by atoms with van der Waals surface area (Å²) < 4.78 is 0. The fourth-order valence-electron chi connectivity index (χ4n) is 1.15. The number of rotatable bonds is 3. The smallest absolute Gasteiger partial charge is 0.292 e. The maximum absolute atomic E-state index is 10.7. The number of azo groups is 1. The summed E-state index contributed by atoms with van der Waals surface area (Å²) in [5, 5.41) is 20.0. The molecule has 80 valence electrons. The van der Waals surface area contributed by atoms with Gasteiger partial charge in [-0.2, -0.15) is 0 Å². The van der Waals surface area contributed by atoms with E-state index in [-0.39, 0.29) is 5.69 Å². The highest BCUT2D eigenvalue weighted by Crippen LogP contribution is 2.18. The van der Waals surface area contributed by atoms with Gasteiger partial charge >= 0.3 is 0 Å². The maximum Gasteiger partial charge on any atom is 0.292 e. The predicted octanol–water partition coefficient (Wildman–Crippen LogP) is 1.84. The van der Waals surface area contributed by atoms with E-state index in [2.05, 4.69) is 15.5 Å². The van der Waals surface area contributed by atoms with Crippen molar-refractivity contribution in [1.82, 2.24) is 0 Å². The molecule has 0 saturated carbocycles. The Bertz CT molecular complexity index is 504. The summed E-state index contributed by atoms with van der Waals surface area (Å²) in [5.41, 5.74) is 0.606. The minimum atomic E-state index is -0.484. The van der Waals surface area contributed by atoms with Crippen LogP contribution in [-0.4, -0.2) is 10.8 Å². The number of hydrogen-bond donors (Lipinski definition) is 1. The fourth-order valence-corrected chi connectivity index (χ4v) is 1.15. The van der Waals surface area contributed by atoms with Crippen LogP contribution >= 0.6 is 0 Å². The van der Waals surface area contributed by atoms with Gasteiger partial charge in [-0.3, -0.25) is 14.9 Å². The number of anilines is 1. The van der Waals surface area contributed by atoms with Crippen molar-refractivity contribution in [2.45, 2.75) is 0 Å². The van der Waals surface area contributed by atoms with Gasteiger partial charge in [0.1, 0.15) is 0 Å². The standard InChI is InChI=1S/C9H6N4O3/c14-9-5-8(11-12-9)10-6-1-3-7(4-2-6)13(15)16/h1-5,10H. The molecule has 0 unspecified atom stereocenters. The lowest BCUT2D eigenvalue weighted by atomic mass is 10.3. The first-order valence-electron chi connectivity index (χ1n) is 4.34. The van der Waals surface area contributed by atoms with Crippen molar-refractivity contribution in [3.8, 4) is 0 Å². The van der Waals surface area contributed by atoms with Crippen molar-refractivity contribution in [3.05, 3.63) is 46.3 Å². The van der Waals surface area contributed by atoms with Gasteiger partial charge in [-0.1, -0.05) is 0 Å². The lowest BCUT2D eigenvalue weighted by molar-refractivity contribution is -0.384. The molecule has 0 radical (unpaired) electrons. The summed E-state index contributed by atoms with van der Waals surface area (Å²) in [6.45, 7) is 0. The maximum atomic E-state index is 10.7. The molecule has 1 aromatic carbocycles. The Balaban J connectivity index is 2.12. The molecule has 7 heteroatoms. The van der Waals surface area contributed by atoms with Crippen LogP contribution in [0, 0.1) is 10.1 Å². The highest BCUT2D eigenvalue weighted by molar-refractivity contribution is 5.90. The van der Waals surface area contributed by atoms with E-state index in [1.807, 2.05) is 0 Å². The number of nitrogens with zero attached hydrogens (tertiary/aromatic N) is 3. The number of carbonyl (C=O) groups excluding carboxylic acids is 1. The van der Waals surface area contributed by atoms with Crippen molar-refractivity contribution in [3.63, 3.8) is 0 Å². The first kappa shape index (κ1) is 9.97. The second kappa shape index (κ2) is 3.89. The van der Waals surface area contributed by atoms with Gasteiger partial charge in [0.05, 0.1) is 11.0 Å². The van der Waals surface area contributed by atoms with Crippen LogP contribution in [-0.2, 0) is 4.79 Å². The molecule has 16 heavy (non-hydrogen) atoms. The number of carbonyl (C=O) groups is 1. The number of nitro benzene ring substituents is 1. The molecule has 1 N–H and O–H groups in total. The van der Waals surface area contributed by atoms with Gasteiger partial charge in [-0.05, 0) is 12.1 Å².